The summed E-state index contributed by atoms with van der Waals surface area (Å²) in [6.07, 6.45) is 2.88. The van der Waals surface area contributed by atoms with E-state index in [2.05, 4.69) is 6.92 Å². The second-order valence-electron chi connectivity index (χ2n) is 5.03. The first kappa shape index (κ1) is 16.1. The minimum atomic E-state index is -0.565. The van der Waals surface area contributed by atoms with Crippen LogP contribution in [0.5, 0.6) is 17.2 Å². The molecule has 0 unspecified atom stereocenters. The molecule has 0 saturated carbocycles. The lowest BCUT2D eigenvalue weighted by atomic mass is 10.1. The molecular weight excluding hydrogens is 286 g/mol. The van der Waals surface area contributed by atoms with E-state index in [0.29, 0.717) is 23.7 Å². The number of nitrogens with zero attached hydrogens (tertiary/aromatic N) is 1. The number of methoxy groups -OCH3 is 3. The van der Waals surface area contributed by atoms with E-state index in [0.717, 1.165) is 19.3 Å². The van der Waals surface area contributed by atoms with E-state index < -0.39 is 11.7 Å². The molecule has 0 aliphatic carbocycles. The number of hydrogen-bond acceptors (Lipinski definition) is 5. The SMILES string of the molecule is CCCCCN1C(=O)C(=O)c2c1cc(OC)c(OC)c2OC. The average molecular weight is 307 g/mol. The number of hydrogen-bond donors (Lipinski definition) is 0. The van der Waals surface area contributed by atoms with Crippen molar-refractivity contribution in [1.82, 2.24) is 0 Å². The molecule has 1 heterocycles. The van der Waals surface area contributed by atoms with E-state index in [1.54, 1.807) is 6.07 Å². The van der Waals surface area contributed by atoms with Crippen LogP contribution < -0.4 is 19.1 Å². The van der Waals surface area contributed by atoms with Crippen LogP contribution in [-0.4, -0.2) is 39.6 Å². The molecule has 6 nitrogen and oxygen atoms in total. The number of fused-ring (bicyclic) bond motifs is 1. The van der Waals surface area contributed by atoms with Crippen molar-refractivity contribution in [2.45, 2.75) is 26.2 Å². The van der Waals surface area contributed by atoms with Crippen LogP contribution in [0, 0.1) is 0 Å². The molecule has 0 aromatic heterocycles. The van der Waals surface area contributed by atoms with Crippen molar-refractivity contribution in [1.29, 1.82) is 0 Å². The van der Waals surface area contributed by atoms with Crippen molar-refractivity contribution in [3.05, 3.63) is 11.6 Å². The molecule has 0 spiro atoms. The molecule has 1 aliphatic rings. The highest BCUT2D eigenvalue weighted by Crippen LogP contribution is 2.48. The van der Waals surface area contributed by atoms with E-state index in [1.807, 2.05) is 0 Å². The molecule has 0 radical (unpaired) electrons. The van der Waals surface area contributed by atoms with Crippen LogP contribution in [-0.2, 0) is 4.79 Å². The van der Waals surface area contributed by atoms with E-state index in [-0.39, 0.29) is 11.3 Å². The second kappa shape index (κ2) is 6.68. The number of amides is 1. The Labute approximate surface area is 129 Å². The standard InChI is InChI=1S/C16H21NO5/c1-5-6-7-8-17-10-9-11(20-2)14(21-3)15(22-4)12(10)13(18)16(17)19/h9H,5-8H2,1-4H3. The number of carbonyl (C=O) groups is 2. The molecular formula is C16H21NO5. The van der Waals surface area contributed by atoms with Gasteiger partial charge in [-0.15, -0.1) is 0 Å². The van der Waals surface area contributed by atoms with Crippen LogP contribution in [0.1, 0.15) is 36.5 Å². The van der Waals surface area contributed by atoms with Crippen molar-refractivity contribution in [2.24, 2.45) is 0 Å². The summed E-state index contributed by atoms with van der Waals surface area (Å²) in [4.78, 5) is 26.1. The summed E-state index contributed by atoms with van der Waals surface area (Å²) in [6.45, 7) is 2.59. The molecule has 0 saturated heterocycles. The number of rotatable bonds is 7. The fourth-order valence-electron chi connectivity index (χ4n) is 2.66. The number of ketones is 1. The smallest absolute Gasteiger partial charge is 0.299 e. The molecule has 1 amide bonds. The fraction of sp³-hybridized carbons (Fsp3) is 0.500. The molecule has 2 rings (SSSR count). The Morgan fingerprint density at radius 3 is 2.23 bits per heavy atom. The topological polar surface area (TPSA) is 65.1 Å². The van der Waals surface area contributed by atoms with Gasteiger partial charge in [-0.05, 0) is 6.42 Å². The van der Waals surface area contributed by atoms with E-state index in [9.17, 15) is 9.59 Å². The Balaban J connectivity index is 2.54. The van der Waals surface area contributed by atoms with Gasteiger partial charge in [0.2, 0.25) is 5.75 Å². The largest absolute Gasteiger partial charge is 0.493 e. The van der Waals surface area contributed by atoms with Gasteiger partial charge in [0.1, 0.15) is 0 Å². The van der Waals surface area contributed by atoms with Crippen molar-refractivity contribution < 1.29 is 23.8 Å². The average Bonchev–Trinajstić information content (AvgIpc) is 2.77. The van der Waals surface area contributed by atoms with Gasteiger partial charge in [-0.1, -0.05) is 19.8 Å². The lowest BCUT2D eigenvalue weighted by Crippen LogP contribution is -2.30. The van der Waals surface area contributed by atoms with E-state index in [1.165, 1.54) is 26.2 Å². The van der Waals surface area contributed by atoms with Crippen LogP contribution in [0.4, 0.5) is 5.69 Å². The van der Waals surface area contributed by atoms with Gasteiger partial charge in [0.25, 0.3) is 11.7 Å². The van der Waals surface area contributed by atoms with Gasteiger partial charge in [0.15, 0.2) is 11.5 Å². The fourth-order valence-corrected chi connectivity index (χ4v) is 2.66. The molecule has 1 aromatic rings. The number of carbonyl (C=O) groups excluding carboxylic acids is 2. The summed E-state index contributed by atoms with van der Waals surface area (Å²) in [5, 5.41) is 0. The zero-order valence-electron chi connectivity index (χ0n) is 13.4. The number of ether oxygens (including phenoxy) is 3. The maximum Gasteiger partial charge on any atom is 0.299 e. The highest BCUT2D eigenvalue weighted by Gasteiger charge is 2.40. The van der Waals surface area contributed by atoms with E-state index in [4.69, 9.17) is 14.2 Å². The Morgan fingerprint density at radius 2 is 1.68 bits per heavy atom. The summed E-state index contributed by atoms with van der Waals surface area (Å²) in [5.41, 5.74) is 0.780. The van der Waals surface area contributed by atoms with Gasteiger partial charge in [0.05, 0.1) is 32.6 Å². The van der Waals surface area contributed by atoms with Gasteiger partial charge in [-0.25, -0.2) is 0 Å². The summed E-state index contributed by atoms with van der Waals surface area (Å²) in [5.74, 6) is -0.0985. The van der Waals surface area contributed by atoms with Crippen LogP contribution >= 0.6 is 0 Å². The summed E-state index contributed by atoms with van der Waals surface area (Å²) in [6, 6.07) is 1.66. The zero-order valence-corrected chi connectivity index (χ0v) is 13.4. The van der Waals surface area contributed by atoms with E-state index >= 15 is 0 Å². The third-order valence-corrected chi connectivity index (χ3v) is 3.75. The Morgan fingerprint density at radius 1 is 1.00 bits per heavy atom. The lowest BCUT2D eigenvalue weighted by molar-refractivity contribution is -0.114. The van der Waals surface area contributed by atoms with Gasteiger partial charge < -0.3 is 19.1 Å². The van der Waals surface area contributed by atoms with Crippen LogP contribution in [0.15, 0.2) is 6.07 Å². The molecule has 120 valence electrons. The Hall–Kier alpha value is -2.24. The van der Waals surface area contributed by atoms with Crippen LogP contribution in [0.3, 0.4) is 0 Å². The predicted octanol–water partition coefficient (Wildman–Crippen LogP) is 2.43. The normalized spacial score (nSPS) is 13.4. The molecule has 22 heavy (non-hydrogen) atoms. The minimum Gasteiger partial charge on any atom is -0.493 e. The summed E-state index contributed by atoms with van der Waals surface area (Å²) in [7, 11) is 4.41. The third-order valence-electron chi connectivity index (χ3n) is 3.75. The Bertz CT molecular complexity index is 597. The molecule has 0 fully saturated rings. The summed E-state index contributed by atoms with van der Waals surface area (Å²) < 4.78 is 15.9. The predicted molar refractivity (Wildman–Crippen MR) is 82.3 cm³/mol. The van der Waals surface area contributed by atoms with Crippen molar-refractivity contribution in [3.8, 4) is 17.2 Å². The first-order valence-corrected chi connectivity index (χ1v) is 7.29. The molecule has 0 N–H and O–H groups in total. The number of Topliss-reactive ketones (excluding diaryl/α,β-unsaturated/α-hetero) is 1. The van der Waals surface area contributed by atoms with Gasteiger partial charge in [-0.2, -0.15) is 0 Å². The number of anilines is 1. The molecule has 1 aromatic carbocycles. The second-order valence-corrected chi connectivity index (χ2v) is 5.03. The Kier molecular flexibility index (Phi) is 4.90. The van der Waals surface area contributed by atoms with Crippen molar-refractivity contribution in [2.75, 3.05) is 32.8 Å². The first-order chi connectivity index (χ1) is 10.6. The lowest BCUT2D eigenvalue weighted by Gasteiger charge is -2.19. The number of benzene rings is 1. The zero-order chi connectivity index (χ0) is 16.3. The highest BCUT2D eigenvalue weighted by molar-refractivity contribution is 6.53. The maximum atomic E-state index is 12.3. The minimum absolute atomic E-state index is 0.244. The third kappa shape index (κ3) is 2.49. The van der Waals surface area contributed by atoms with Gasteiger partial charge >= 0.3 is 0 Å². The van der Waals surface area contributed by atoms with Crippen molar-refractivity contribution >= 4 is 17.4 Å². The molecule has 6 heteroatoms. The molecule has 1 aliphatic heterocycles. The quantitative estimate of drug-likeness (QED) is 0.572. The van der Waals surface area contributed by atoms with Crippen molar-refractivity contribution in [3.63, 3.8) is 0 Å². The molecule has 0 bridgehead atoms. The molecule has 0 atom stereocenters. The highest BCUT2D eigenvalue weighted by atomic mass is 16.5. The van der Waals surface area contributed by atoms with Gasteiger partial charge in [0, 0.05) is 12.6 Å². The monoisotopic (exact) mass is 307 g/mol. The van der Waals surface area contributed by atoms with Crippen LogP contribution in [0.25, 0.3) is 0 Å². The van der Waals surface area contributed by atoms with Gasteiger partial charge in [-0.3, -0.25) is 9.59 Å². The maximum absolute atomic E-state index is 12.3. The first-order valence-electron chi connectivity index (χ1n) is 7.29. The summed E-state index contributed by atoms with van der Waals surface area (Å²) >= 11 is 0. The number of unbranched alkanes of at least 4 members (excludes halogenated alkanes) is 2. The van der Waals surface area contributed by atoms with Crippen LogP contribution in [0.2, 0.25) is 0 Å².